The molecule has 2 aromatic rings. The minimum Gasteiger partial charge on any atom is -0.493 e. The van der Waals surface area contributed by atoms with Crippen LogP contribution < -0.4 is 15.1 Å². The minimum atomic E-state index is -0.318. The monoisotopic (exact) mass is 416 g/mol. The van der Waals surface area contributed by atoms with Crippen LogP contribution in [0.1, 0.15) is 38.4 Å². The third-order valence-corrected chi connectivity index (χ3v) is 4.88. The van der Waals surface area contributed by atoms with Crippen LogP contribution in [0.5, 0.6) is 11.5 Å². The molecule has 0 radical (unpaired) electrons. The van der Waals surface area contributed by atoms with Gasteiger partial charge in [0, 0.05) is 11.8 Å². The summed E-state index contributed by atoms with van der Waals surface area (Å²) in [7, 11) is 3.14. The van der Waals surface area contributed by atoms with E-state index in [1.165, 1.54) is 12.8 Å². The number of hydrogen-bond donors (Lipinski definition) is 0. The largest absolute Gasteiger partial charge is 0.493 e. The standard InChI is InChI=1S/C17H21IO4/c1-4-5-6-7-8-13-16(18)11-9-14(20-2)15(21-3)10-12(11)17(19)22-13/h9-10H,4-8H2,1-3H3. The number of hydrogen-bond acceptors (Lipinski definition) is 4. The molecule has 1 aromatic heterocycles. The van der Waals surface area contributed by atoms with Gasteiger partial charge in [-0.2, -0.15) is 0 Å². The first kappa shape index (κ1) is 17.1. The Balaban J connectivity index is 2.45. The third-order valence-electron chi connectivity index (χ3n) is 3.70. The van der Waals surface area contributed by atoms with Crippen molar-refractivity contribution in [2.75, 3.05) is 14.2 Å². The van der Waals surface area contributed by atoms with E-state index < -0.39 is 0 Å². The number of benzene rings is 1. The fourth-order valence-electron chi connectivity index (χ4n) is 2.46. The molecule has 2 rings (SSSR count). The van der Waals surface area contributed by atoms with Gasteiger partial charge in [0.05, 0.1) is 23.2 Å². The lowest BCUT2D eigenvalue weighted by atomic mass is 10.1. The first-order valence-electron chi connectivity index (χ1n) is 7.49. The minimum absolute atomic E-state index is 0.318. The number of aryl methyl sites for hydroxylation is 1. The van der Waals surface area contributed by atoms with Gasteiger partial charge in [-0.1, -0.05) is 26.2 Å². The van der Waals surface area contributed by atoms with Crippen LogP contribution in [0.2, 0.25) is 0 Å². The van der Waals surface area contributed by atoms with Gasteiger partial charge in [0.2, 0.25) is 0 Å². The summed E-state index contributed by atoms with van der Waals surface area (Å²) in [6.07, 6.45) is 5.37. The zero-order valence-electron chi connectivity index (χ0n) is 13.2. The van der Waals surface area contributed by atoms with Crippen LogP contribution in [0.4, 0.5) is 0 Å². The van der Waals surface area contributed by atoms with Crippen LogP contribution in [-0.2, 0) is 6.42 Å². The predicted molar refractivity (Wildman–Crippen MR) is 96.2 cm³/mol. The fraction of sp³-hybridized carbons (Fsp3) is 0.471. The zero-order chi connectivity index (χ0) is 16.1. The van der Waals surface area contributed by atoms with Crippen LogP contribution in [0.3, 0.4) is 0 Å². The maximum Gasteiger partial charge on any atom is 0.344 e. The Labute approximate surface area is 143 Å². The number of halogens is 1. The lowest BCUT2D eigenvalue weighted by molar-refractivity contribution is 0.355. The smallest absolute Gasteiger partial charge is 0.344 e. The van der Waals surface area contributed by atoms with Crippen LogP contribution in [0, 0.1) is 3.57 Å². The van der Waals surface area contributed by atoms with E-state index in [2.05, 4.69) is 29.5 Å². The molecular formula is C17H21IO4. The first-order valence-corrected chi connectivity index (χ1v) is 8.57. The van der Waals surface area contributed by atoms with Gasteiger partial charge in [-0.05, 0) is 41.1 Å². The summed E-state index contributed by atoms with van der Waals surface area (Å²) in [6.45, 7) is 2.18. The second-order valence-electron chi connectivity index (χ2n) is 5.19. The molecule has 120 valence electrons. The second kappa shape index (κ2) is 7.85. The highest BCUT2D eigenvalue weighted by atomic mass is 127. The summed E-state index contributed by atoms with van der Waals surface area (Å²) >= 11 is 2.24. The van der Waals surface area contributed by atoms with E-state index in [4.69, 9.17) is 13.9 Å². The summed E-state index contributed by atoms with van der Waals surface area (Å²) in [5, 5.41) is 1.39. The molecule has 0 unspecified atom stereocenters. The van der Waals surface area contributed by atoms with Crippen molar-refractivity contribution in [1.82, 2.24) is 0 Å². The zero-order valence-corrected chi connectivity index (χ0v) is 15.4. The van der Waals surface area contributed by atoms with Crippen LogP contribution >= 0.6 is 22.6 Å². The molecule has 0 amide bonds. The fourth-order valence-corrected chi connectivity index (χ4v) is 3.29. The van der Waals surface area contributed by atoms with E-state index in [0.29, 0.717) is 16.9 Å². The van der Waals surface area contributed by atoms with Crippen molar-refractivity contribution >= 4 is 33.4 Å². The van der Waals surface area contributed by atoms with Crippen molar-refractivity contribution in [3.63, 3.8) is 0 Å². The molecule has 0 saturated heterocycles. The molecule has 4 nitrogen and oxygen atoms in total. The van der Waals surface area contributed by atoms with Crippen molar-refractivity contribution in [3.05, 3.63) is 31.9 Å². The lowest BCUT2D eigenvalue weighted by Gasteiger charge is -2.11. The van der Waals surface area contributed by atoms with Gasteiger partial charge in [-0.3, -0.25) is 0 Å². The van der Waals surface area contributed by atoms with Crippen molar-refractivity contribution < 1.29 is 13.9 Å². The molecular weight excluding hydrogens is 395 g/mol. The molecule has 0 fully saturated rings. The van der Waals surface area contributed by atoms with Crippen molar-refractivity contribution in [1.29, 1.82) is 0 Å². The summed E-state index contributed by atoms with van der Waals surface area (Å²) in [6, 6.07) is 3.53. The number of fused-ring (bicyclic) bond motifs is 1. The Hall–Kier alpha value is -1.24. The normalized spacial score (nSPS) is 10.9. The van der Waals surface area contributed by atoms with E-state index >= 15 is 0 Å². The molecule has 0 bridgehead atoms. The van der Waals surface area contributed by atoms with Gasteiger partial charge < -0.3 is 13.9 Å². The van der Waals surface area contributed by atoms with Gasteiger partial charge in [0.25, 0.3) is 0 Å². The Morgan fingerprint density at radius 1 is 1.05 bits per heavy atom. The topological polar surface area (TPSA) is 48.7 Å². The Morgan fingerprint density at radius 2 is 1.68 bits per heavy atom. The molecule has 22 heavy (non-hydrogen) atoms. The Morgan fingerprint density at radius 3 is 2.27 bits per heavy atom. The van der Waals surface area contributed by atoms with E-state index in [0.717, 1.165) is 34.0 Å². The maximum atomic E-state index is 12.2. The van der Waals surface area contributed by atoms with E-state index in [9.17, 15) is 4.79 Å². The van der Waals surface area contributed by atoms with E-state index in [1.54, 1.807) is 20.3 Å². The summed E-state index contributed by atoms with van der Waals surface area (Å²) in [5.74, 6) is 1.92. The highest BCUT2D eigenvalue weighted by Gasteiger charge is 2.15. The first-order chi connectivity index (χ1) is 10.6. The highest BCUT2D eigenvalue weighted by Crippen LogP contribution is 2.34. The molecule has 0 spiro atoms. The molecule has 5 heteroatoms. The molecule has 0 aliphatic rings. The van der Waals surface area contributed by atoms with E-state index in [1.807, 2.05) is 6.07 Å². The Kier molecular flexibility index (Phi) is 6.11. The van der Waals surface area contributed by atoms with Crippen LogP contribution in [0.15, 0.2) is 21.3 Å². The molecule has 0 N–H and O–H groups in total. The van der Waals surface area contributed by atoms with Crippen LogP contribution in [-0.4, -0.2) is 14.2 Å². The molecule has 0 aliphatic carbocycles. The molecule has 1 heterocycles. The number of rotatable bonds is 7. The van der Waals surface area contributed by atoms with Crippen molar-refractivity contribution in [2.24, 2.45) is 0 Å². The predicted octanol–water partition coefficient (Wildman–Crippen LogP) is 4.54. The molecule has 0 saturated carbocycles. The maximum absolute atomic E-state index is 12.2. The highest BCUT2D eigenvalue weighted by molar-refractivity contribution is 14.1. The number of methoxy groups -OCH3 is 2. The van der Waals surface area contributed by atoms with Gasteiger partial charge >= 0.3 is 5.63 Å². The summed E-state index contributed by atoms with van der Waals surface area (Å²) in [5.41, 5.74) is -0.318. The quantitative estimate of drug-likeness (QED) is 0.491. The van der Waals surface area contributed by atoms with Crippen molar-refractivity contribution in [3.8, 4) is 11.5 Å². The number of unbranched alkanes of at least 4 members (excludes halogenated alkanes) is 3. The Bertz CT molecular complexity index is 706. The van der Waals surface area contributed by atoms with Crippen molar-refractivity contribution in [2.45, 2.75) is 39.0 Å². The molecule has 1 aromatic carbocycles. The third kappa shape index (κ3) is 3.56. The number of ether oxygens (including phenoxy) is 2. The summed E-state index contributed by atoms with van der Waals surface area (Å²) < 4.78 is 17.1. The van der Waals surface area contributed by atoms with Gasteiger partial charge in [0.1, 0.15) is 5.76 Å². The molecule has 0 atom stereocenters. The second-order valence-corrected chi connectivity index (χ2v) is 6.27. The van der Waals surface area contributed by atoms with Gasteiger partial charge in [-0.25, -0.2) is 4.79 Å². The average Bonchev–Trinajstić information content (AvgIpc) is 2.54. The van der Waals surface area contributed by atoms with Gasteiger partial charge in [-0.15, -0.1) is 0 Å². The van der Waals surface area contributed by atoms with E-state index in [-0.39, 0.29) is 5.63 Å². The van der Waals surface area contributed by atoms with Gasteiger partial charge in [0.15, 0.2) is 11.5 Å². The lowest BCUT2D eigenvalue weighted by Crippen LogP contribution is -2.06. The SMILES string of the molecule is CCCCCCc1oc(=O)c2cc(OC)c(OC)cc2c1I. The average molecular weight is 416 g/mol. The summed E-state index contributed by atoms with van der Waals surface area (Å²) in [4.78, 5) is 12.2. The molecule has 0 aliphatic heterocycles. The van der Waals surface area contributed by atoms with Crippen LogP contribution in [0.25, 0.3) is 10.8 Å².